The lowest BCUT2D eigenvalue weighted by molar-refractivity contribution is -0.155. The lowest BCUT2D eigenvalue weighted by Gasteiger charge is -2.22. The molecule has 0 atom stereocenters. The molecule has 1 fully saturated rings. The van der Waals surface area contributed by atoms with Crippen LogP contribution >= 0.6 is 0 Å². The molecule has 0 aromatic heterocycles. The van der Waals surface area contributed by atoms with Crippen molar-refractivity contribution in [2.24, 2.45) is 0 Å². The van der Waals surface area contributed by atoms with E-state index in [1.165, 1.54) is 15.9 Å². The van der Waals surface area contributed by atoms with E-state index in [0.717, 1.165) is 6.42 Å². The number of carbonyl (C=O) groups is 3. The van der Waals surface area contributed by atoms with Gasteiger partial charge in [0.05, 0.1) is 6.54 Å². The summed E-state index contributed by atoms with van der Waals surface area (Å²) in [6, 6.07) is 2.82. The number of fused-ring (bicyclic) bond motifs is 1. The van der Waals surface area contributed by atoms with Crippen molar-refractivity contribution in [2.75, 3.05) is 18.0 Å². The monoisotopic (exact) mass is 348 g/mol. The van der Waals surface area contributed by atoms with Crippen molar-refractivity contribution >= 4 is 23.5 Å². The molecule has 2 heterocycles. The maximum atomic E-state index is 14.5. The zero-order chi connectivity index (χ0) is 18.4. The van der Waals surface area contributed by atoms with E-state index in [2.05, 4.69) is 0 Å². The largest absolute Gasteiger partial charge is 0.459 e. The van der Waals surface area contributed by atoms with Gasteiger partial charge in [-0.05, 0) is 39.3 Å². The molecule has 6 nitrogen and oxygen atoms in total. The van der Waals surface area contributed by atoms with Gasteiger partial charge in [0.15, 0.2) is 0 Å². The highest BCUT2D eigenvalue weighted by Gasteiger charge is 2.34. The quantitative estimate of drug-likeness (QED) is 0.786. The van der Waals surface area contributed by atoms with Crippen LogP contribution in [0.3, 0.4) is 0 Å². The Balaban J connectivity index is 1.80. The molecule has 1 aromatic carbocycles. The zero-order valence-corrected chi connectivity index (χ0v) is 14.6. The van der Waals surface area contributed by atoms with Crippen LogP contribution in [0.2, 0.25) is 0 Å². The Morgan fingerprint density at radius 3 is 2.60 bits per heavy atom. The first-order valence-electron chi connectivity index (χ1n) is 8.29. The Morgan fingerprint density at radius 1 is 1.28 bits per heavy atom. The minimum Gasteiger partial charge on any atom is -0.459 e. The Hall–Kier alpha value is -2.44. The number of hydrogen-bond donors (Lipinski definition) is 0. The van der Waals surface area contributed by atoms with Gasteiger partial charge < -0.3 is 14.5 Å². The van der Waals surface area contributed by atoms with E-state index in [9.17, 15) is 18.8 Å². The lowest BCUT2D eigenvalue weighted by Crippen LogP contribution is -2.35. The van der Waals surface area contributed by atoms with Crippen LogP contribution in [0.5, 0.6) is 0 Å². The van der Waals surface area contributed by atoms with E-state index in [4.69, 9.17) is 4.74 Å². The summed E-state index contributed by atoms with van der Waals surface area (Å²) in [4.78, 5) is 39.1. The normalized spacial score (nSPS) is 17.3. The second kappa shape index (κ2) is 6.13. The van der Waals surface area contributed by atoms with Crippen LogP contribution in [0.1, 0.15) is 49.5 Å². The molecule has 0 N–H and O–H groups in total. The summed E-state index contributed by atoms with van der Waals surface area (Å²) >= 11 is 0. The van der Waals surface area contributed by atoms with Gasteiger partial charge in [-0.3, -0.25) is 14.4 Å². The van der Waals surface area contributed by atoms with Crippen molar-refractivity contribution in [3.63, 3.8) is 0 Å². The smallest absolute Gasteiger partial charge is 0.326 e. The molecule has 1 saturated heterocycles. The molecule has 0 unspecified atom stereocenters. The number of nitrogens with zero attached hydrogens (tertiary/aromatic N) is 2. The van der Waals surface area contributed by atoms with Gasteiger partial charge in [-0.25, -0.2) is 4.39 Å². The number of rotatable bonds is 3. The van der Waals surface area contributed by atoms with Gasteiger partial charge in [-0.2, -0.15) is 0 Å². The second-order valence-electron chi connectivity index (χ2n) is 7.35. The van der Waals surface area contributed by atoms with Gasteiger partial charge >= 0.3 is 5.97 Å². The number of benzene rings is 1. The first-order chi connectivity index (χ1) is 11.7. The van der Waals surface area contributed by atoms with Crippen molar-refractivity contribution in [2.45, 2.75) is 45.8 Å². The van der Waals surface area contributed by atoms with E-state index in [0.29, 0.717) is 18.7 Å². The van der Waals surface area contributed by atoms with Crippen molar-refractivity contribution in [3.8, 4) is 0 Å². The molecule has 7 heteroatoms. The van der Waals surface area contributed by atoms with Crippen LogP contribution in [0.15, 0.2) is 12.1 Å². The van der Waals surface area contributed by atoms with E-state index < -0.39 is 23.3 Å². The molecule has 3 rings (SSSR count). The third kappa shape index (κ3) is 3.50. The van der Waals surface area contributed by atoms with Crippen molar-refractivity contribution in [3.05, 3.63) is 29.1 Å². The third-order valence-electron chi connectivity index (χ3n) is 4.17. The number of anilines is 1. The summed E-state index contributed by atoms with van der Waals surface area (Å²) in [7, 11) is 0. The van der Waals surface area contributed by atoms with Crippen molar-refractivity contribution in [1.82, 2.24) is 4.90 Å². The summed E-state index contributed by atoms with van der Waals surface area (Å²) < 4.78 is 19.7. The Bertz CT molecular complexity index is 754. The van der Waals surface area contributed by atoms with Crippen LogP contribution < -0.4 is 4.90 Å². The van der Waals surface area contributed by atoms with E-state index in [-0.39, 0.29) is 30.1 Å². The molecular weight excluding hydrogens is 327 g/mol. The van der Waals surface area contributed by atoms with Gasteiger partial charge in [0.25, 0.3) is 5.91 Å². The molecule has 2 aliphatic rings. The van der Waals surface area contributed by atoms with Gasteiger partial charge in [0.1, 0.15) is 18.0 Å². The minimum absolute atomic E-state index is 0.0213. The second-order valence-corrected chi connectivity index (χ2v) is 7.35. The average Bonchev–Trinajstić information content (AvgIpc) is 3.03. The molecule has 0 bridgehead atoms. The molecule has 2 amide bonds. The molecule has 0 aliphatic carbocycles. The van der Waals surface area contributed by atoms with Crippen molar-refractivity contribution in [1.29, 1.82) is 0 Å². The Labute approximate surface area is 145 Å². The number of ether oxygens (including phenoxy) is 1. The average molecular weight is 348 g/mol. The first-order valence-corrected chi connectivity index (χ1v) is 8.29. The summed E-state index contributed by atoms with van der Waals surface area (Å²) in [5.74, 6) is -1.57. The predicted molar refractivity (Wildman–Crippen MR) is 88.6 cm³/mol. The molecule has 0 saturated carbocycles. The summed E-state index contributed by atoms with van der Waals surface area (Å²) in [5, 5.41) is 0. The highest BCUT2D eigenvalue weighted by Crippen LogP contribution is 2.31. The highest BCUT2D eigenvalue weighted by atomic mass is 19.1. The molecule has 1 aromatic rings. The van der Waals surface area contributed by atoms with E-state index >= 15 is 0 Å². The number of hydrogen-bond acceptors (Lipinski definition) is 4. The summed E-state index contributed by atoms with van der Waals surface area (Å²) in [6.45, 7) is 5.53. The molecule has 2 aliphatic heterocycles. The number of esters is 1. The van der Waals surface area contributed by atoms with E-state index in [1.54, 1.807) is 26.8 Å². The fraction of sp³-hybridized carbons (Fsp3) is 0.500. The van der Waals surface area contributed by atoms with Gasteiger partial charge in [-0.1, -0.05) is 0 Å². The van der Waals surface area contributed by atoms with Crippen LogP contribution in [-0.2, 0) is 20.9 Å². The molecule has 25 heavy (non-hydrogen) atoms. The van der Waals surface area contributed by atoms with Gasteiger partial charge in [0.2, 0.25) is 5.91 Å². The zero-order valence-electron chi connectivity index (χ0n) is 14.6. The molecule has 134 valence electrons. The van der Waals surface area contributed by atoms with Crippen LogP contribution in [-0.4, -0.2) is 41.4 Å². The summed E-state index contributed by atoms with van der Waals surface area (Å²) in [6.07, 6.45) is 1.15. The molecule has 0 radical (unpaired) electrons. The first kappa shape index (κ1) is 17.4. The van der Waals surface area contributed by atoms with Crippen LogP contribution in [0.4, 0.5) is 10.1 Å². The predicted octanol–water partition coefficient (Wildman–Crippen LogP) is 2.25. The molecular formula is C18H21FN2O4. The Kier molecular flexibility index (Phi) is 4.26. The highest BCUT2D eigenvalue weighted by molar-refractivity contribution is 6.02. The van der Waals surface area contributed by atoms with E-state index in [1.807, 2.05) is 0 Å². The lowest BCUT2D eigenvalue weighted by atomic mass is 10.1. The topological polar surface area (TPSA) is 66.9 Å². The maximum absolute atomic E-state index is 14.5. The number of carbonyl (C=O) groups excluding carboxylic acids is 3. The van der Waals surface area contributed by atoms with Crippen molar-refractivity contribution < 1.29 is 23.5 Å². The van der Waals surface area contributed by atoms with Gasteiger partial charge in [-0.15, -0.1) is 0 Å². The maximum Gasteiger partial charge on any atom is 0.326 e. The SMILES string of the molecule is CC(C)(C)OC(=O)CN1Cc2c(F)cc(N3CCCC3=O)cc2C1=O. The number of halogens is 1. The van der Waals surface area contributed by atoms with Crippen LogP contribution in [0, 0.1) is 5.82 Å². The Morgan fingerprint density at radius 2 is 2.00 bits per heavy atom. The van der Waals surface area contributed by atoms with Crippen LogP contribution in [0.25, 0.3) is 0 Å². The fourth-order valence-electron chi connectivity index (χ4n) is 3.14. The molecule has 0 spiro atoms. The summed E-state index contributed by atoms with van der Waals surface area (Å²) in [5.41, 5.74) is 0.203. The standard InChI is InChI=1S/C18H21FN2O4/c1-18(2,3)25-16(23)10-20-9-13-12(17(20)24)7-11(8-14(13)19)21-6-4-5-15(21)22/h7-8H,4-6,9-10H2,1-3H3. The number of amides is 2. The third-order valence-corrected chi connectivity index (χ3v) is 4.17. The fourth-order valence-corrected chi connectivity index (χ4v) is 3.14. The minimum atomic E-state index is -0.652. The van der Waals surface area contributed by atoms with Gasteiger partial charge in [0, 0.05) is 29.8 Å².